The van der Waals surface area contributed by atoms with Gasteiger partial charge in [-0.3, -0.25) is 0 Å². The second kappa shape index (κ2) is 12.7. The Morgan fingerprint density at radius 1 is 0.967 bits per heavy atom. The van der Waals surface area contributed by atoms with E-state index in [1.807, 2.05) is 0 Å². The molecule has 0 radical (unpaired) electrons. The van der Waals surface area contributed by atoms with Crippen LogP contribution in [0.1, 0.15) is 119 Å². The topological polar surface area (TPSA) is 3.24 Å². The molecule has 0 spiro atoms. The van der Waals surface area contributed by atoms with E-state index in [4.69, 9.17) is 0 Å². The summed E-state index contributed by atoms with van der Waals surface area (Å²) in [4.78, 5) is 2.69. The van der Waals surface area contributed by atoms with Crippen LogP contribution in [0.4, 0.5) is 0 Å². The summed E-state index contributed by atoms with van der Waals surface area (Å²) in [5.41, 5.74) is 0.528. The van der Waals surface area contributed by atoms with Crippen molar-refractivity contribution in [3.05, 3.63) is 12.7 Å². The fraction of sp³-hybridized carbons (Fsp3) is 0.931. The Morgan fingerprint density at radius 3 is 2.23 bits per heavy atom. The van der Waals surface area contributed by atoms with Crippen LogP contribution in [0.2, 0.25) is 0 Å². The smallest absolute Gasteiger partial charge is 0.00387 e. The average Bonchev–Trinajstić information content (AvgIpc) is 3.22. The van der Waals surface area contributed by atoms with Gasteiger partial charge in [0.15, 0.2) is 0 Å². The van der Waals surface area contributed by atoms with E-state index in [1.54, 1.807) is 0 Å². The molecule has 0 N–H and O–H groups in total. The van der Waals surface area contributed by atoms with E-state index in [2.05, 4.69) is 59.1 Å². The van der Waals surface area contributed by atoms with Gasteiger partial charge in [-0.05, 0) is 100 Å². The molecule has 1 nitrogen and oxygen atoms in total. The van der Waals surface area contributed by atoms with Gasteiger partial charge in [0.25, 0.3) is 0 Å². The molecule has 0 aromatic rings. The number of hydrogen-bond acceptors (Lipinski definition) is 1. The fourth-order valence-electron chi connectivity index (χ4n) is 6.86. The SMILES string of the molecule is C=CCCC(C)(CCC)CC(C)C1CCC(CCC(C)C2CCN(C(C)C)C2)CC1. The molecular formula is C29H55N. The van der Waals surface area contributed by atoms with Crippen LogP contribution in [0, 0.1) is 35.0 Å². The van der Waals surface area contributed by atoms with Crippen molar-refractivity contribution in [3.63, 3.8) is 0 Å². The minimum absolute atomic E-state index is 0.528. The van der Waals surface area contributed by atoms with Gasteiger partial charge < -0.3 is 4.90 Å². The number of allylic oxidation sites excluding steroid dienone is 1. The van der Waals surface area contributed by atoms with Gasteiger partial charge in [-0.25, -0.2) is 0 Å². The van der Waals surface area contributed by atoms with Crippen molar-refractivity contribution >= 4 is 0 Å². The van der Waals surface area contributed by atoms with Gasteiger partial charge in [0.2, 0.25) is 0 Å². The first-order chi connectivity index (χ1) is 14.3. The zero-order valence-corrected chi connectivity index (χ0v) is 21.6. The summed E-state index contributed by atoms with van der Waals surface area (Å²) in [5, 5.41) is 0. The van der Waals surface area contributed by atoms with Crippen LogP contribution >= 0.6 is 0 Å². The summed E-state index contributed by atoms with van der Waals surface area (Å²) in [6, 6.07) is 0.732. The predicted octanol–water partition coefficient (Wildman–Crippen LogP) is 8.74. The number of rotatable bonds is 13. The summed E-state index contributed by atoms with van der Waals surface area (Å²) >= 11 is 0. The van der Waals surface area contributed by atoms with Crippen molar-refractivity contribution in [2.45, 2.75) is 125 Å². The monoisotopic (exact) mass is 417 g/mol. The summed E-state index contributed by atoms with van der Waals surface area (Å²) in [6.07, 6.45) is 19.2. The van der Waals surface area contributed by atoms with Crippen LogP contribution in [-0.2, 0) is 0 Å². The summed E-state index contributed by atoms with van der Waals surface area (Å²) < 4.78 is 0. The molecule has 1 saturated heterocycles. The third-order valence-corrected chi connectivity index (χ3v) is 9.14. The average molecular weight is 418 g/mol. The second-order valence-electron chi connectivity index (χ2n) is 12.0. The molecule has 1 heteroatoms. The lowest BCUT2D eigenvalue weighted by Crippen LogP contribution is -2.29. The molecule has 1 saturated carbocycles. The molecule has 4 unspecified atom stereocenters. The number of nitrogens with zero attached hydrogens (tertiary/aromatic N) is 1. The molecule has 176 valence electrons. The first-order valence-electron chi connectivity index (χ1n) is 13.6. The molecule has 0 aromatic carbocycles. The van der Waals surface area contributed by atoms with E-state index in [9.17, 15) is 0 Å². The van der Waals surface area contributed by atoms with E-state index in [-0.39, 0.29) is 0 Å². The quantitative estimate of drug-likeness (QED) is 0.271. The maximum Gasteiger partial charge on any atom is 0.00387 e. The zero-order valence-electron chi connectivity index (χ0n) is 21.6. The third kappa shape index (κ3) is 7.99. The second-order valence-corrected chi connectivity index (χ2v) is 12.0. The molecule has 30 heavy (non-hydrogen) atoms. The molecule has 0 aromatic heterocycles. The highest BCUT2D eigenvalue weighted by atomic mass is 15.2. The highest BCUT2D eigenvalue weighted by molar-refractivity contribution is 4.85. The summed E-state index contributed by atoms with van der Waals surface area (Å²) in [6.45, 7) is 21.4. The lowest BCUT2D eigenvalue weighted by Gasteiger charge is -2.38. The molecule has 2 rings (SSSR count). The van der Waals surface area contributed by atoms with Crippen LogP contribution in [0.15, 0.2) is 12.7 Å². The van der Waals surface area contributed by atoms with E-state index < -0.39 is 0 Å². The minimum atomic E-state index is 0.528. The third-order valence-electron chi connectivity index (χ3n) is 9.14. The van der Waals surface area contributed by atoms with Crippen LogP contribution < -0.4 is 0 Å². The molecule has 0 amide bonds. The Hall–Kier alpha value is -0.300. The summed E-state index contributed by atoms with van der Waals surface area (Å²) in [5.74, 6) is 4.77. The first kappa shape index (κ1) is 26.0. The van der Waals surface area contributed by atoms with Gasteiger partial charge in [-0.2, -0.15) is 0 Å². The Labute approximate surface area is 190 Å². The lowest BCUT2D eigenvalue weighted by molar-refractivity contribution is 0.134. The maximum absolute atomic E-state index is 3.96. The first-order valence-corrected chi connectivity index (χ1v) is 13.6. The van der Waals surface area contributed by atoms with Crippen molar-refractivity contribution in [2.75, 3.05) is 13.1 Å². The maximum atomic E-state index is 3.96. The Kier molecular flexibility index (Phi) is 11.0. The molecule has 1 aliphatic heterocycles. The van der Waals surface area contributed by atoms with Gasteiger partial charge >= 0.3 is 0 Å². The lowest BCUT2D eigenvalue weighted by atomic mass is 9.67. The molecule has 1 aliphatic carbocycles. The number of likely N-dealkylation sites (tertiary alicyclic amines) is 1. The minimum Gasteiger partial charge on any atom is -0.301 e. The van der Waals surface area contributed by atoms with Crippen LogP contribution in [0.5, 0.6) is 0 Å². The molecule has 2 aliphatic rings. The zero-order chi connectivity index (χ0) is 22.1. The highest BCUT2D eigenvalue weighted by Crippen LogP contribution is 2.43. The highest BCUT2D eigenvalue weighted by Gasteiger charge is 2.32. The van der Waals surface area contributed by atoms with Gasteiger partial charge in [0.1, 0.15) is 0 Å². The largest absolute Gasteiger partial charge is 0.301 e. The molecule has 0 bridgehead atoms. The predicted molar refractivity (Wildman–Crippen MR) is 135 cm³/mol. The van der Waals surface area contributed by atoms with Gasteiger partial charge in [0, 0.05) is 12.6 Å². The van der Waals surface area contributed by atoms with Crippen molar-refractivity contribution in [2.24, 2.45) is 35.0 Å². The van der Waals surface area contributed by atoms with E-state index in [0.717, 1.165) is 35.6 Å². The Balaban J connectivity index is 1.70. The van der Waals surface area contributed by atoms with Gasteiger partial charge in [0.05, 0.1) is 0 Å². The van der Waals surface area contributed by atoms with Gasteiger partial charge in [-0.15, -0.1) is 6.58 Å². The van der Waals surface area contributed by atoms with Crippen molar-refractivity contribution in [3.8, 4) is 0 Å². The van der Waals surface area contributed by atoms with Crippen LogP contribution in [-0.4, -0.2) is 24.0 Å². The summed E-state index contributed by atoms with van der Waals surface area (Å²) in [7, 11) is 0. The Bertz CT molecular complexity index is 475. The molecular weight excluding hydrogens is 362 g/mol. The fourth-order valence-corrected chi connectivity index (χ4v) is 6.86. The van der Waals surface area contributed by atoms with E-state index in [0.29, 0.717) is 5.41 Å². The van der Waals surface area contributed by atoms with Crippen molar-refractivity contribution in [1.82, 2.24) is 4.90 Å². The van der Waals surface area contributed by atoms with Crippen molar-refractivity contribution < 1.29 is 0 Å². The van der Waals surface area contributed by atoms with E-state index >= 15 is 0 Å². The Morgan fingerprint density at radius 2 is 1.67 bits per heavy atom. The van der Waals surface area contributed by atoms with Gasteiger partial charge in [-0.1, -0.05) is 65.9 Å². The molecule has 2 fully saturated rings. The van der Waals surface area contributed by atoms with Crippen LogP contribution in [0.3, 0.4) is 0 Å². The van der Waals surface area contributed by atoms with Crippen LogP contribution in [0.25, 0.3) is 0 Å². The normalized spacial score (nSPS) is 29.6. The van der Waals surface area contributed by atoms with E-state index in [1.165, 1.54) is 90.1 Å². The molecule has 1 heterocycles. The number of hydrogen-bond donors (Lipinski definition) is 0. The van der Waals surface area contributed by atoms with Crippen molar-refractivity contribution in [1.29, 1.82) is 0 Å². The standard InChI is InChI=1S/C29H55N/c1-8-10-19-29(7,18-9-2)21-25(6)27-15-13-26(14-16-27)12-11-24(5)28-17-20-30(22-28)23(3)4/h8,23-28H,1,9-22H2,2-7H3. The molecule has 4 atom stereocenters.